The van der Waals surface area contributed by atoms with Crippen molar-refractivity contribution in [3.8, 4) is 11.1 Å². The van der Waals surface area contributed by atoms with Crippen molar-refractivity contribution >= 4 is 21.5 Å². The van der Waals surface area contributed by atoms with Crippen LogP contribution in [0.1, 0.15) is 12.5 Å². The first-order valence-corrected chi connectivity index (χ1v) is 7.53. The standard InChI is InChI=1S/C21H17.2ClH.Zr/c1-2-15-11-12-20(21-10-6-5-9-19(15)21)18-13-16-7-3-4-8-17(16)14-18;;;/h3-14H,2H2,1H3;2*1H;/q-1;;;+3/p-2. The molecule has 0 amide bonds. The van der Waals surface area contributed by atoms with Gasteiger partial charge in [-0.05, 0) is 22.8 Å². The van der Waals surface area contributed by atoms with E-state index in [0.29, 0.717) is 0 Å². The van der Waals surface area contributed by atoms with Crippen molar-refractivity contribution in [3.63, 3.8) is 0 Å². The van der Waals surface area contributed by atoms with Crippen LogP contribution in [0, 0.1) is 0 Å². The third kappa shape index (κ3) is 3.64. The molecule has 3 heteroatoms. The molecule has 0 heterocycles. The molecular weight excluding hydrogens is 414 g/mol. The number of benzene rings is 3. The van der Waals surface area contributed by atoms with Gasteiger partial charge in [-0.3, -0.25) is 0 Å². The maximum Gasteiger partial charge on any atom is 3.00 e. The van der Waals surface area contributed by atoms with E-state index in [1.165, 1.54) is 38.2 Å². The summed E-state index contributed by atoms with van der Waals surface area (Å²) in [7, 11) is 0. The van der Waals surface area contributed by atoms with E-state index in [1.807, 2.05) is 0 Å². The molecule has 4 aromatic carbocycles. The monoisotopic (exact) mass is 429 g/mol. The molecule has 0 aliphatic heterocycles. The molecule has 1 radical (unpaired) electrons. The molecule has 0 bridgehead atoms. The number of rotatable bonds is 2. The Bertz CT molecular complexity index is 908. The molecule has 119 valence electrons. The predicted molar refractivity (Wildman–Crippen MR) is 91.9 cm³/mol. The Balaban J connectivity index is 0.000000960. The zero-order valence-corrected chi connectivity index (χ0v) is 17.4. The van der Waals surface area contributed by atoms with Gasteiger partial charge in [0.05, 0.1) is 0 Å². The molecule has 4 rings (SSSR count). The number of aryl methyl sites for hydroxylation is 1. The molecule has 0 atom stereocenters. The minimum Gasteiger partial charge on any atom is -1.00 e. The Morgan fingerprint density at radius 1 is 0.792 bits per heavy atom. The summed E-state index contributed by atoms with van der Waals surface area (Å²) in [5.41, 5.74) is 4.07. The van der Waals surface area contributed by atoms with Crippen molar-refractivity contribution in [2.75, 3.05) is 0 Å². The zero-order valence-electron chi connectivity index (χ0n) is 13.4. The summed E-state index contributed by atoms with van der Waals surface area (Å²) >= 11 is 0. The van der Waals surface area contributed by atoms with Gasteiger partial charge < -0.3 is 24.8 Å². The molecule has 0 fully saturated rings. The second-order valence-electron chi connectivity index (χ2n) is 5.54. The van der Waals surface area contributed by atoms with Crippen LogP contribution >= 0.6 is 0 Å². The van der Waals surface area contributed by atoms with Gasteiger partial charge in [-0.1, -0.05) is 67.1 Å². The molecule has 0 saturated heterocycles. The average molecular weight is 431 g/mol. The molecule has 0 aliphatic rings. The minimum absolute atomic E-state index is 0. The summed E-state index contributed by atoms with van der Waals surface area (Å²) in [6.07, 6.45) is 1.07. The first-order chi connectivity index (χ1) is 10.4. The van der Waals surface area contributed by atoms with Crippen LogP contribution in [0.3, 0.4) is 0 Å². The normalized spacial score (nSPS) is 9.88. The van der Waals surface area contributed by atoms with Gasteiger partial charge in [0.2, 0.25) is 0 Å². The summed E-state index contributed by atoms with van der Waals surface area (Å²) in [4.78, 5) is 0. The van der Waals surface area contributed by atoms with Crippen LogP contribution in [-0.4, -0.2) is 0 Å². The van der Waals surface area contributed by atoms with Crippen molar-refractivity contribution in [1.29, 1.82) is 0 Å². The quantitative estimate of drug-likeness (QED) is 0.391. The molecule has 0 unspecified atom stereocenters. The molecule has 0 spiro atoms. The summed E-state index contributed by atoms with van der Waals surface area (Å²) in [5.74, 6) is 0. The maximum atomic E-state index is 2.29. The van der Waals surface area contributed by atoms with Crippen LogP contribution in [0.25, 0.3) is 32.7 Å². The van der Waals surface area contributed by atoms with Crippen LogP contribution in [0.4, 0.5) is 0 Å². The van der Waals surface area contributed by atoms with Gasteiger partial charge in [0.15, 0.2) is 0 Å². The fourth-order valence-electron chi connectivity index (χ4n) is 3.23. The Morgan fingerprint density at radius 2 is 1.46 bits per heavy atom. The van der Waals surface area contributed by atoms with E-state index in [9.17, 15) is 0 Å². The molecule has 4 aromatic rings. The first kappa shape index (κ1) is 21.0. The van der Waals surface area contributed by atoms with Gasteiger partial charge in [0.25, 0.3) is 0 Å². The summed E-state index contributed by atoms with van der Waals surface area (Å²) in [5, 5.41) is 5.36. The van der Waals surface area contributed by atoms with Crippen molar-refractivity contribution in [1.82, 2.24) is 0 Å². The van der Waals surface area contributed by atoms with Gasteiger partial charge >= 0.3 is 26.2 Å². The number of fused-ring (bicyclic) bond motifs is 2. The molecule has 24 heavy (non-hydrogen) atoms. The van der Waals surface area contributed by atoms with E-state index >= 15 is 0 Å². The van der Waals surface area contributed by atoms with E-state index in [0.717, 1.165) is 6.42 Å². The van der Waals surface area contributed by atoms with E-state index in [-0.39, 0.29) is 51.0 Å². The van der Waals surface area contributed by atoms with Crippen LogP contribution in [0.5, 0.6) is 0 Å². The molecule has 0 aliphatic carbocycles. The third-order valence-corrected chi connectivity index (χ3v) is 4.32. The minimum atomic E-state index is 0. The Hall–Kier alpha value is -1.01. The maximum absolute atomic E-state index is 2.29. The van der Waals surface area contributed by atoms with Crippen LogP contribution in [0.15, 0.2) is 72.8 Å². The summed E-state index contributed by atoms with van der Waals surface area (Å²) in [6, 6.07) is 26.4. The first-order valence-electron chi connectivity index (χ1n) is 7.53. The predicted octanol–water partition coefficient (Wildman–Crippen LogP) is -0.0532. The average Bonchev–Trinajstić information content (AvgIpc) is 2.97. The molecule has 0 N–H and O–H groups in total. The fourth-order valence-corrected chi connectivity index (χ4v) is 3.23. The van der Waals surface area contributed by atoms with E-state index < -0.39 is 0 Å². The second-order valence-corrected chi connectivity index (χ2v) is 5.54. The molecule has 0 nitrogen and oxygen atoms in total. The van der Waals surface area contributed by atoms with Crippen LogP contribution < -0.4 is 24.8 Å². The Morgan fingerprint density at radius 3 is 2.17 bits per heavy atom. The van der Waals surface area contributed by atoms with Gasteiger partial charge in [0.1, 0.15) is 0 Å². The van der Waals surface area contributed by atoms with E-state index in [4.69, 9.17) is 0 Å². The van der Waals surface area contributed by atoms with E-state index in [1.54, 1.807) is 0 Å². The van der Waals surface area contributed by atoms with Crippen LogP contribution in [-0.2, 0) is 32.6 Å². The van der Waals surface area contributed by atoms with Crippen molar-refractivity contribution in [2.45, 2.75) is 13.3 Å². The van der Waals surface area contributed by atoms with Crippen molar-refractivity contribution in [2.24, 2.45) is 0 Å². The SMILES string of the molecule is CCc1ccc(-c2cc3ccccc3[cH-]2)c2ccccc12.[Cl-].[Cl-].[Zr+3]. The summed E-state index contributed by atoms with van der Waals surface area (Å²) in [6.45, 7) is 2.22. The van der Waals surface area contributed by atoms with Gasteiger partial charge in [-0.25, -0.2) is 0 Å². The number of hydrogen-bond donors (Lipinski definition) is 0. The molecular formula is C21H17Cl2Zr. The third-order valence-electron chi connectivity index (χ3n) is 4.32. The second kappa shape index (κ2) is 8.90. The number of hydrogen-bond acceptors (Lipinski definition) is 0. The zero-order chi connectivity index (χ0) is 14.2. The van der Waals surface area contributed by atoms with Crippen LogP contribution in [0.2, 0.25) is 0 Å². The van der Waals surface area contributed by atoms with E-state index in [2.05, 4.69) is 79.7 Å². The fraction of sp³-hybridized carbons (Fsp3) is 0.0952. The van der Waals surface area contributed by atoms with Gasteiger partial charge in [-0.15, -0.1) is 34.5 Å². The van der Waals surface area contributed by atoms with Crippen molar-refractivity contribution < 1.29 is 51.0 Å². The van der Waals surface area contributed by atoms with Crippen molar-refractivity contribution in [3.05, 3.63) is 78.4 Å². The largest absolute Gasteiger partial charge is 3.00 e. The van der Waals surface area contributed by atoms with Gasteiger partial charge in [0, 0.05) is 0 Å². The Labute approximate surface area is 174 Å². The smallest absolute Gasteiger partial charge is 1.00 e. The summed E-state index contributed by atoms with van der Waals surface area (Å²) < 4.78 is 0. The Kier molecular flexibility index (Phi) is 7.80. The topological polar surface area (TPSA) is 0 Å². The molecule has 0 saturated carbocycles. The number of halogens is 2. The van der Waals surface area contributed by atoms with Gasteiger partial charge in [-0.2, -0.15) is 0 Å². The molecule has 0 aromatic heterocycles.